The minimum absolute atomic E-state index is 0.0313. The van der Waals surface area contributed by atoms with E-state index in [1.54, 1.807) is 0 Å². The van der Waals surface area contributed by atoms with Crippen LogP contribution in [0.2, 0.25) is 0 Å². The van der Waals surface area contributed by atoms with E-state index in [0.29, 0.717) is 12.3 Å². The number of nitrogens with two attached hydrogens (primary N) is 1. The molecule has 0 aromatic rings. The van der Waals surface area contributed by atoms with Crippen LogP contribution in [0.25, 0.3) is 0 Å². The predicted octanol–water partition coefficient (Wildman–Crippen LogP) is 3.02. The molecule has 3 heteroatoms. The summed E-state index contributed by atoms with van der Waals surface area (Å²) in [7, 11) is 0. The van der Waals surface area contributed by atoms with E-state index >= 15 is 0 Å². The van der Waals surface area contributed by atoms with Crippen LogP contribution in [0.3, 0.4) is 0 Å². The molecule has 0 heterocycles. The van der Waals surface area contributed by atoms with Gasteiger partial charge in [-0.15, -0.1) is 0 Å². The lowest BCUT2D eigenvalue weighted by Crippen LogP contribution is -2.32. The van der Waals surface area contributed by atoms with Crippen LogP contribution >= 0.6 is 0 Å². The molecule has 0 aromatic carbocycles. The fourth-order valence-electron chi connectivity index (χ4n) is 2.70. The Morgan fingerprint density at radius 3 is 2.71 bits per heavy atom. The maximum Gasteiger partial charge on any atom is 0.307 e. The molecule has 100 valence electrons. The normalized spacial score (nSPS) is 26.5. The number of carbonyl (C=O) groups excluding carboxylic acids is 1. The van der Waals surface area contributed by atoms with Crippen LogP contribution in [0, 0.1) is 5.92 Å². The van der Waals surface area contributed by atoms with Gasteiger partial charge in [-0.1, -0.05) is 26.7 Å². The van der Waals surface area contributed by atoms with Gasteiger partial charge in [-0.05, 0) is 38.0 Å². The van der Waals surface area contributed by atoms with Crippen molar-refractivity contribution in [3.63, 3.8) is 0 Å². The number of carbonyl (C=O) groups is 1. The summed E-state index contributed by atoms with van der Waals surface area (Å²) in [6.07, 6.45) is 8.27. The first-order valence-corrected chi connectivity index (χ1v) is 7.12. The maximum absolute atomic E-state index is 11.8. The molecule has 1 aliphatic rings. The Hall–Kier alpha value is -0.570. The van der Waals surface area contributed by atoms with Crippen molar-refractivity contribution in [3.05, 3.63) is 0 Å². The van der Waals surface area contributed by atoms with Gasteiger partial charge in [0.1, 0.15) is 6.10 Å². The van der Waals surface area contributed by atoms with Crippen molar-refractivity contribution in [2.45, 2.75) is 77.4 Å². The van der Waals surface area contributed by atoms with E-state index in [4.69, 9.17) is 10.5 Å². The van der Waals surface area contributed by atoms with E-state index in [-0.39, 0.29) is 18.1 Å². The zero-order chi connectivity index (χ0) is 12.7. The number of hydrogen-bond acceptors (Lipinski definition) is 3. The van der Waals surface area contributed by atoms with E-state index in [1.165, 1.54) is 19.3 Å². The lowest BCUT2D eigenvalue weighted by atomic mass is 9.85. The molecule has 0 amide bonds. The van der Waals surface area contributed by atoms with Crippen molar-refractivity contribution in [1.82, 2.24) is 0 Å². The summed E-state index contributed by atoms with van der Waals surface area (Å²) < 4.78 is 5.59. The van der Waals surface area contributed by atoms with Gasteiger partial charge in [0, 0.05) is 6.04 Å². The molecule has 2 N–H and O–H groups in total. The van der Waals surface area contributed by atoms with Crippen LogP contribution in [-0.4, -0.2) is 18.1 Å². The third kappa shape index (κ3) is 5.07. The molecule has 3 unspecified atom stereocenters. The van der Waals surface area contributed by atoms with Crippen LogP contribution in [-0.2, 0) is 9.53 Å². The second-order valence-electron chi connectivity index (χ2n) is 5.23. The van der Waals surface area contributed by atoms with Crippen molar-refractivity contribution < 1.29 is 9.53 Å². The summed E-state index contributed by atoms with van der Waals surface area (Å²) in [5.41, 5.74) is 5.86. The number of rotatable bonds is 6. The zero-order valence-electron chi connectivity index (χ0n) is 11.3. The highest BCUT2D eigenvalue weighted by molar-refractivity contribution is 5.70. The first-order chi connectivity index (χ1) is 8.17. The highest BCUT2D eigenvalue weighted by Gasteiger charge is 2.27. The quantitative estimate of drug-likeness (QED) is 0.727. The van der Waals surface area contributed by atoms with E-state index < -0.39 is 0 Å². The van der Waals surface area contributed by atoms with Crippen LogP contribution in [0.4, 0.5) is 0 Å². The van der Waals surface area contributed by atoms with Gasteiger partial charge in [0.25, 0.3) is 0 Å². The van der Waals surface area contributed by atoms with Crippen molar-refractivity contribution in [2.75, 3.05) is 0 Å². The Labute approximate surface area is 105 Å². The summed E-state index contributed by atoms with van der Waals surface area (Å²) in [5.74, 6) is 0.464. The second-order valence-corrected chi connectivity index (χ2v) is 5.23. The number of esters is 1. The SMILES string of the molecule is CCCC(N)CC(=O)OC1CCCCC1CC. The third-order valence-electron chi connectivity index (χ3n) is 3.73. The minimum atomic E-state index is -0.101. The Bertz CT molecular complexity index is 230. The fraction of sp³-hybridized carbons (Fsp3) is 0.929. The molecular formula is C14H27NO2. The van der Waals surface area contributed by atoms with Crippen molar-refractivity contribution >= 4 is 5.97 Å². The van der Waals surface area contributed by atoms with E-state index in [0.717, 1.165) is 25.7 Å². The standard InChI is InChI=1S/C14H27NO2/c1-3-7-12(15)10-14(16)17-13-9-6-5-8-11(13)4-2/h11-13H,3-10,15H2,1-2H3. The molecule has 0 radical (unpaired) electrons. The zero-order valence-corrected chi connectivity index (χ0v) is 11.3. The lowest BCUT2D eigenvalue weighted by Gasteiger charge is -2.30. The van der Waals surface area contributed by atoms with Gasteiger partial charge in [0.15, 0.2) is 0 Å². The van der Waals surface area contributed by atoms with Gasteiger partial charge >= 0.3 is 5.97 Å². The molecule has 1 saturated carbocycles. The van der Waals surface area contributed by atoms with Crippen LogP contribution in [0.5, 0.6) is 0 Å². The largest absolute Gasteiger partial charge is 0.462 e. The van der Waals surface area contributed by atoms with Gasteiger partial charge in [-0.2, -0.15) is 0 Å². The molecule has 17 heavy (non-hydrogen) atoms. The average molecular weight is 241 g/mol. The van der Waals surface area contributed by atoms with Crippen LogP contribution < -0.4 is 5.73 Å². The smallest absolute Gasteiger partial charge is 0.307 e. The van der Waals surface area contributed by atoms with Gasteiger partial charge in [-0.3, -0.25) is 4.79 Å². The second kappa shape index (κ2) is 7.70. The monoisotopic (exact) mass is 241 g/mol. The molecule has 0 aromatic heterocycles. The molecule has 3 atom stereocenters. The van der Waals surface area contributed by atoms with Gasteiger partial charge in [0.2, 0.25) is 0 Å². The average Bonchev–Trinajstić information content (AvgIpc) is 2.29. The Kier molecular flexibility index (Phi) is 6.56. The topological polar surface area (TPSA) is 52.3 Å². The van der Waals surface area contributed by atoms with E-state index in [9.17, 15) is 4.79 Å². The molecule has 0 saturated heterocycles. The van der Waals surface area contributed by atoms with E-state index in [1.807, 2.05) is 0 Å². The van der Waals surface area contributed by atoms with Gasteiger partial charge in [0.05, 0.1) is 6.42 Å². The van der Waals surface area contributed by atoms with Crippen molar-refractivity contribution in [2.24, 2.45) is 11.7 Å². The lowest BCUT2D eigenvalue weighted by molar-refractivity contribution is -0.154. The fourth-order valence-corrected chi connectivity index (χ4v) is 2.70. The highest BCUT2D eigenvalue weighted by Crippen LogP contribution is 2.29. The van der Waals surface area contributed by atoms with Crippen molar-refractivity contribution in [3.8, 4) is 0 Å². The molecule has 1 rings (SSSR count). The summed E-state index contributed by atoms with van der Waals surface area (Å²) in [5, 5.41) is 0. The summed E-state index contributed by atoms with van der Waals surface area (Å²) >= 11 is 0. The molecule has 1 aliphatic carbocycles. The Balaban J connectivity index is 2.33. The number of ether oxygens (including phenoxy) is 1. The third-order valence-corrected chi connectivity index (χ3v) is 3.73. The predicted molar refractivity (Wildman–Crippen MR) is 69.6 cm³/mol. The molecule has 3 nitrogen and oxygen atoms in total. The summed E-state index contributed by atoms with van der Waals surface area (Å²) in [6.45, 7) is 4.26. The maximum atomic E-state index is 11.8. The Morgan fingerprint density at radius 2 is 2.06 bits per heavy atom. The van der Waals surface area contributed by atoms with Crippen LogP contribution in [0.15, 0.2) is 0 Å². The molecule has 1 fully saturated rings. The molecular weight excluding hydrogens is 214 g/mol. The summed E-state index contributed by atoms with van der Waals surface area (Å²) in [6, 6.07) is -0.0313. The van der Waals surface area contributed by atoms with Crippen molar-refractivity contribution in [1.29, 1.82) is 0 Å². The Morgan fingerprint density at radius 1 is 1.35 bits per heavy atom. The van der Waals surface area contributed by atoms with Crippen LogP contribution in [0.1, 0.15) is 65.2 Å². The van der Waals surface area contributed by atoms with Gasteiger partial charge in [-0.25, -0.2) is 0 Å². The van der Waals surface area contributed by atoms with E-state index in [2.05, 4.69) is 13.8 Å². The summed E-state index contributed by atoms with van der Waals surface area (Å²) in [4.78, 5) is 11.8. The van der Waals surface area contributed by atoms with Gasteiger partial charge < -0.3 is 10.5 Å². The first-order valence-electron chi connectivity index (χ1n) is 7.12. The number of hydrogen-bond donors (Lipinski definition) is 1. The first kappa shape index (κ1) is 14.5. The molecule has 0 bridgehead atoms. The molecule has 0 spiro atoms. The minimum Gasteiger partial charge on any atom is -0.462 e. The highest BCUT2D eigenvalue weighted by atomic mass is 16.5. The molecule has 0 aliphatic heterocycles.